The van der Waals surface area contributed by atoms with Crippen LogP contribution in [0.2, 0.25) is 0 Å². The van der Waals surface area contributed by atoms with Crippen LogP contribution >= 0.6 is 0 Å². The summed E-state index contributed by atoms with van der Waals surface area (Å²) in [6.45, 7) is 4.79. The number of methoxy groups -OCH3 is 1. The lowest BCUT2D eigenvalue weighted by molar-refractivity contribution is -0.384. The van der Waals surface area contributed by atoms with E-state index in [4.69, 9.17) is 14.2 Å². The summed E-state index contributed by atoms with van der Waals surface area (Å²) < 4.78 is 15.8. The highest BCUT2D eigenvalue weighted by molar-refractivity contribution is 5.96. The zero-order valence-corrected chi connectivity index (χ0v) is 16.5. The Morgan fingerprint density at radius 3 is 2.45 bits per heavy atom. The Hall–Kier alpha value is -3.62. The molecule has 9 heteroatoms. The molecule has 0 radical (unpaired) electrons. The maximum atomic E-state index is 12.4. The van der Waals surface area contributed by atoms with Crippen molar-refractivity contribution in [3.8, 4) is 11.5 Å². The minimum Gasteiger partial charge on any atom is -0.495 e. The summed E-state index contributed by atoms with van der Waals surface area (Å²) in [7, 11) is 1.37. The number of benzene rings is 2. The monoisotopic (exact) mass is 402 g/mol. The maximum Gasteiger partial charge on any atom is 0.347 e. The van der Waals surface area contributed by atoms with E-state index >= 15 is 0 Å². The van der Waals surface area contributed by atoms with Crippen molar-refractivity contribution in [2.24, 2.45) is 0 Å². The summed E-state index contributed by atoms with van der Waals surface area (Å²) in [6, 6.07) is 10.9. The molecule has 1 N–H and O–H groups in total. The predicted molar refractivity (Wildman–Crippen MR) is 105 cm³/mol. The van der Waals surface area contributed by atoms with Crippen molar-refractivity contribution in [1.82, 2.24) is 0 Å². The zero-order valence-electron chi connectivity index (χ0n) is 16.5. The topological polar surface area (TPSA) is 117 Å². The van der Waals surface area contributed by atoms with Crippen LogP contribution < -0.4 is 14.8 Å². The van der Waals surface area contributed by atoms with Crippen LogP contribution in [0.5, 0.6) is 11.5 Å². The van der Waals surface area contributed by atoms with Crippen LogP contribution in [0.4, 0.5) is 11.4 Å². The number of esters is 1. The van der Waals surface area contributed by atoms with Crippen molar-refractivity contribution in [3.63, 3.8) is 0 Å². The molecule has 0 aromatic heterocycles. The van der Waals surface area contributed by atoms with E-state index in [1.54, 1.807) is 18.2 Å². The van der Waals surface area contributed by atoms with Crippen LogP contribution in [0.1, 0.15) is 19.4 Å². The number of nitrogens with one attached hydrogen (secondary N) is 1. The summed E-state index contributed by atoms with van der Waals surface area (Å²) in [5.74, 6) is -0.647. The Labute approximate surface area is 167 Å². The van der Waals surface area contributed by atoms with Crippen LogP contribution in [-0.2, 0) is 14.3 Å². The number of ether oxygens (including phenoxy) is 3. The third-order valence-corrected chi connectivity index (χ3v) is 3.95. The number of hydrogen-bond donors (Lipinski definition) is 1. The summed E-state index contributed by atoms with van der Waals surface area (Å²) in [5.41, 5.74) is 0.853. The average molecular weight is 402 g/mol. The number of aryl methyl sites for hydroxylation is 1. The van der Waals surface area contributed by atoms with Gasteiger partial charge in [0.1, 0.15) is 11.5 Å². The highest BCUT2D eigenvalue weighted by atomic mass is 16.6. The second-order valence-corrected chi connectivity index (χ2v) is 6.29. The minimum absolute atomic E-state index is 0.0960. The van der Waals surface area contributed by atoms with Crippen molar-refractivity contribution in [3.05, 3.63) is 58.1 Å². The number of anilines is 1. The van der Waals surface area contributed by atoms with Gasteiger partial charge in [-0.15, -0.1) is 0 Å². The van der Waals surface area contributed by atoms with Gasteiger partial charge in [-0.2, -0.15) is 0 Å². The molecule has 29 heavy (non-hydrogen) atoms. The van der Waals surface area contributed by atoms with E-state index in [1.165, 1.54) is 33.1 Å². The van der Waals surface area contributed by atoms with Gasteiger partial charge in [-0.25, -0.2) is 4.79 Å². The van der Waals surface area contributed by atoms with Crippen LogP contribution in [0, 0.1) is 17.0 Å². The van der Waals surface area contributed by atoms with Gasteiger partial charge in [0.2, 0.25) is 0 Å². The van der Waals surface area contributed by atoms with E-state index < -0.39 is 29.0 Å². The summed E-state index contributed by atoms with van der Waals surface area (Å²) in [4.78, 5) is 34.9. The Balaban J connectivity index is 2.00. The van der Waals surface area contributed by atoms with Crippen LogP contribution in [0.3, 0.4) is 0 Å². The molecule has 9 nitrogen and oxygen atoms in total. The van der Waals surface area contributed by atoms with E-state index in [0.29, 0.717) is 5.75 Å². The highest BCUT2D eigenvalue weighted by Crippen LogP contribution is 2.29. The van der Waals surface area contributed by atoms with Gasteiger partial charge in [-0.05, 0) is 44.5 Å². The summed E-state index contributed by atoms with van der Waals surface area (Å²) in [6.07, 6.45) is -2.09. The molecule has 2 aromatic rings. The number of nitrogens with zero attached hydrogens (tertiary/aromatic N) is 1. The van der Waals surface area contributed by atoms with E-state index in [-0.39, 0.29) is 17.1 Å². The molecule has 0 aliphatic carbocycles. The number of amides is 1. The standard InChI is InChI=1S/C20H22N2O7/c1-12-6-5-7-16(10-12)28-14(3)20(24)29-13(2)19(23)21-17-11-15(22(25)26)8-9-18(17)27-4/h5-11,13-14H,1-4H3,(H,21,23)/t13-,14+/m0/s1. The van der Waals surface area contributed by atoms with Crippen molar-refractivity contribution >= 4 is 23.3 Å². The Morgan fingerprint density at radius 1 is 1.10 bits per heavy atom. The van der Waals surface area contributed by atoms with Gasteiger partial charge in [0.15, 0.2) is 12.2 Å². The molecule has 0 fully saturated rings. The summed E-state index contributed by atoms with van der Waals surface area (Å²) in [5, 5.41) is 13.4. The molecule has 2 rings (SSSR count). The maximum absolute atomic E-state index is 12.4. The molecule has 0 unspecified atom stereocenters. The number of carbonyl (C=O) groups is 2. The van der Waals surface area contributed by atoms with Gasteiger partial charge < -0.3 is 19.5 Å². The number of nitro groups is 1. The highest BCUT2D eigenvalue weighted by Gasteiger charge is 2.24. The molecule has 2 aromatic carbocycles. The molecule has 1 amide bonds. The molecular weight excluding hydrogens is 380 g/mol. The van der Waals surface area contributed by atoms with Crippen molar-refractivity contribution in [2.75, 3.05) is 12.4 Å². The molecule has 0 aliphatic rings. The van der Waals surface area contributed by atoms with Gasteiger partial charge >= 0.3 is 5.97 Å². The number of nitro benzene ring substituents is 1. The molecule has 0 spiro atoms. The Morgan fingerprint density at radius 2 is 1.83 bits per heavy atom. The fourth-order valence-electron chi connectivity index (χ4n) is 2.41. The van der Waals surface area contributed by atoms with Crippen LogP contribution in [0.25, 0.3) is 0 Å². The van der Waals surface area contributed by atoms with E-state index in [2.05, 4.69) is 5.32 Å². The molecular formula is C20H22N2O7. The third-order valence-electron chi connectivity index (χ3n) is 3.95. The largest absolute Gasteiger partial charge is 0.495 e. The number of non-ortho nitro benzene ring substituents is 1. The first-order valence-electron chi connectivity index (χ1n) is 8.78. The predicted octanol–water partition coefficient (Wildman–Crippen LogP) is 3.25. The van der Waals surface area contributed by atoms with E-state index in [1.807, 2.05) is 13.0 Å². The lowest BCUT2D eigenvalue weighted by Crippen LogP contribution is -2.35. The Kier molecular flexibility index (Phi) is 7.13. The minimum atomic E-state index is -1.16. The quantitative estimate of drug-likeness (QED) is 0.409. The average Bonchev–Trinajstić information content (AvgIpc) is 2.67. The second kappa shape index (κ2) is 9.54. The molecule has 0 heterocycles. The van der Waals surface area contributed by atoms with Gasteiger partial charge in [0, 0.05) is 12.1 Å². The fourth-order valence-corrected chi connectivity index (χ4v) is 2.41. The Bertz CT molecular complexity index is 913. The SMILES string of the molecule is COc1ccc([N+](=O)[O-])cc1NC(=O)[C@H](C)OC(=O)[C@@H](C)Oc1cccc(C)c1. The van der Waals surface area contributed by atoms with Crippen molar-refractivity contribution in [2.45, 2.75) is 33.0 Å². The van der Waals surface area contributed by atoms with Crippen LogP contribution in [0.15, 0.2) is 42.5 Å². The van der Waals surface area contributed by atoms with Crippen molar-refractivity contribution in [1.29, 1.82) is 0 Å². The molecule has 154 valence electrons. The van der Waals surface area contributed by atoms with Crippen LogP contribution in [-0.4, -0.2) is 36.1 Å². The molecule has 2 atom stereocenters. The number of hydrogen-bond acceptors (Lipinski definition) is 7. The molecule has 0 aliphatic heterocycles. The first kappa shape index (κ1) is 21.7. The second-order valence-electron chi connectivity index (χ2n) is 6.29. The number of rotatable bonds is 8. The first-order valence-corrected chi connectivity index (χ1v) is 8.78. The van der Waals surface area contributed by atoms with Gasteiger partial charge in [0.05, 0.1) is 17.7 Å². The zero-order chi connectivity index (χ0) is 21.6. The third kappa shape index (κ3) is 5.93. The fraction of sp³-hybridized carbons (Fsp3) is 0.300. The molecule has 0 bridgehead atoms. The van der Waals surface area contributed by atoms with E-state index in [9.17, 15) is 19.7 Å². The lowest BCUT2D eigenvalue weighted by atomic mass is 10.2. The first-order chi connectivity index (χ1) is 13.7. The lowest BCUT2D eigenvalue weighted by Gasteiger charge is -2.18. The van der Waals surface area contributed by atoms with Gasteiger partial charge in [0.25, 0.3) is 11.6 Å². The smallest absolute Gasteiger partial charge is 0.347 e. The normalized spacial score (nSPS) is 12.4. The molecule has 0 saturated carbocycles. The van der Waals surface area contributed by atoms with Gasteiger partial charge in [-0.1, -0.05) is 12.1 Å². The molecule has 0 saturated heterocycles. The van der Waals surface area contributed by atoms with Crippen molar-refractivity contribution < 1.29 is 28.7 Å². The van der Waals surface area contributed by atoms with E-state index in [0.717, 1.165) is 11.6 Å². The summed E-state index contributed by atoms with van der Waals surface area (Å²) >= 11 is 0. The number of carbonyl (C=O) groups excluding carboxylic acids is 2. The van der Waals surface area contributed by atoms with Gasteiger partial charge in [-0.3, -0.25) is 14.9 Å².